The fourth-order valence-corrected chi connectivity index (χ4v) is 2.48. The molecule has 1 heterocycles. The van der Waals surface area contributed by atoms with Crippen molar-refractivity contribution in [1.82, 2.24) is 0 Å². The molecule has 1 atom stereocenters. The van der Waals surface area contributed by atoms with Crippen LogP contribution in [-0.2, 0) is 6.42 Å². The van der Waals surface area contributed by atoms with Crippen LogP contribution in [0.25, 0.3) is 0 Å². The van der Waals surface area contributed by atoms with Crippen molar-refractivity contribution in [3.63, 3.8) is 0 Å². The second kappa shape index (κ2) is 5.26. The molecule has 0 aromatic heterocycles. The number of nitrogens with zero attached hydrogens (tertiary/aromatic N) is 1. The van der Waals surface area contributed by atoms with Crippen molar-refractivity contribution in [2.75, 3.05) is 11.9 Å². The molecule has 0 radical (unpaired) electrons. The van der Waals surface area contributed by atoms with Crippen molar-refractivity contribution in [3.05, 3.63) is 59.2 Å². The Labute approximate surface area is 118 Å². The molecule has 1 aliphatic heterocycles. The molecule has 0 spiro atoms. The van der Waals surface area contributed by atoms with Crippen molar-refractivity contribution >= 4 is 5.69 Å². The minimum atomic E-state index is -0.345. The molecule has 0 saturated heterocycles. The number of nitriles is 1. The molecule has 0 fully saturated rings. The Balaban J connectivity index is 1.85. The van der Waals surface area contributed by atoms with Gasteiger partial charge in [0, 0.05) is 12.1 Å². The summed E-state index contributed by atoms with van der Waals surface area (Å²) in [6.45, 7) is 2.78. The van der Waals surface area contributed by atoms with Crippen molar-refractivity contribution < 1.29 is 4.74 Å². The Kier molecular flexibility index (Phi) is 3.30. The van der Waals surface area contributed by atoms with Crippen LogP contribution in [0, 0.1) is 18.3 Å². The second-order valence-electron chi connectivity index (χ2n) is 5.04. The van der Waals surface area contributed by atoms with Crippen LogP contribution in [0.1, 0.15) is 22.7 Å². The smallest absolute Gasteiger partial charge is 0.140 e. The monoisotopic (exact) mass is 264 g/mol. The Morgan fingerprint density at radius 2 is 2.15 bits per heavy atom. The molecule has 2 aromatic carbocycles. The zero-order valence-corrected chi connectivity index (χ0v) is 11.4. The maximum Gasteiger partial charge on any atom is 0.140 e. The highest BCUT2D eigenvalue weighted by atomic mass is 16.5. The molecule has 0 bridgehead atoms. The molecule has 1 unspecified atom stereocenters. The van der Waals surface area contributed by atoms with Crippen molar-refractivity contribution in [2.45, 2.75) is 19.4 Å². The third kappa shape index (κ3) is 2.46. The first-order chi connectivity index (χ1) is 9.76. The number of hydrogen-bond donors (Lipinski definition) is 1. The van der Waals surface area contributed by atoms with Gasteiger partial charge < -0.3 is 10.1 Å². The van der Waals surface area contributed by atoms with E-state index in [4.69, 9.17) is 4.74 Å². The number of ether oxygens (including phenoxy) is 1. The molecular weight excluding hydrogens is 248 g/mol. The number of aryl methyl sites for hydroxylation is 1. The molecule has 2 aromatic rings. The van der Waals surface area contributed by atoms with E-state index in [9.17, 15) is 5.26 Å². The van der Waals surface area contributed by atoms with Gasteiger partial charge in [-0.25, -0.2) is 0 Å². The first-order valence-corrected chi connectivity index (χ1v) is 6.75. The zero-order valence-electron chi connectivity index (χ0n) is 11.4. The second-order valence-corrected chi connectivity index (χ2v) is 5.04. The van der Waals surface area contributed by atoms with E-state index < -0.39 is 0 Å². The lowest BCUT2D eigenvalue weighted by Gasteiger charge is -2.14. The van der Waals surface area contributed by atoms with Crippen LogP contribution in [0.5, 0.6) is 5.75 Å². The van der Waals surface area contributed by atoms with Gasteiger partial charge in [-0.1, -0.05) is 18.2 Å². The van der Waals surface area contributed by atoms with Crippen molar-refractivity contribution in [2.24, 2.45) is 0 Å². The Hall–Kier alpha value is -2.47. The highest BCUT2D eigenvalue weighted by Crippen LogP contribution is 2.29. The third-order valence-corrected chi connectivity index (χ3v) is 3.51. The van der Waals surface area contributed by atoms with Gasteiger partial charge in [0.25, 0.3) is 0 Å². The van der Waals surface area contributed by atoms with E-state index in [2.05, 4.69) is 17.5 Å². The van der Waals surface area contributed by atoms with E-state index in [0.717, 1.165) is 30.0 Å². The van der Waals surface area contributed by atoms with E-state index in [1.165, 1.54) is 11.1 Å². The highest BCUT2D eigenvalue weighted by molar-refractivity contribution is 5.50. The summed E-state index contributed by atoms with van der Waals surface area (Å²) < 4.78 is 5.50. The minimum absolute atomic E-state index is 0.345. The van der Waals surface area contributed by atoms with Crippen LogP contribution in [0.2, 0.25) is 0 Å². The predicted molar refractivity (Wildman–Crippen MR) is 78.8 cm³/mol. The Bertz CT molecular complexity index is 673. The first kappa shape index (κ1) is 12.6. The number of anilines is 1. The van der Waals surface area contributed by atoms with Gasteiger partial charge >= 0.3 is 0 Å². The van der Waals surface area contributed by atoms with E-state index in [1.54, 1.807) is 0 Å². The first-order valence-electron chi connectivity index (χ1n) is 6.75. The summed E-state index contributed by atoms with van der Waals surface area (Å²) in [5.74, 6) is 0.945. The summed E-state index contributed by atoms with van der Waals surface area (Å²) in [6.07, 6.45) is 0.922. The SMILES string of the molecule is Cc1cccc(NC(C#N)c2ccc3c(c2)CCO3)c1. The lowest BCUT2D eigenvalue weighted by molar-refractivity contribution is 0.357. The molecule has 0 aliphatic carbocycles. The molecule has 1 aliphatic rings. The third-order valence-electron chi connectivity index (χ3n) is 3.51. The van der Waals surface area contributed by atoms with Gasteiger partial charge in [0.1, 0.15) is 11.8 Å². The zero-order chi connectivity index (χ0) is 13.9. The van der Waals surface area contributed by atoms with Crippen molar-refractivity contribution in [3.8, 4) is 11.8 Å². The fourth-order valence-electron chi connectivity index (χ4n) is 2.48. The maximum atomic E-state index is 9.41. The van der Waals surface area contributed by atoms with Crippen LogP contribution >= 0.6 is 0 Å². The molecule has 1 N–H and O–H groups in total. The molecule has 0 amide bonds. The molecular formula is C17H16N2O. The topological polar surface area (TPSA) is 45.0 Å². The average molecular weight is 264 g/mol. The lowest BCUT2D eigenvalue weighted by atomic mass is 10.0. The molecule has 3 heteroatoms. The van der Waals surface area contributed by atoms with Crippen LogP contribution in [0.3, 0.4) is 0 Å². The van der Waals surface area contributed by atoms with E-state index in [0.29, 0.717) is 0 Å². The average Bonchev–Trinajstić information content (AvgIpc) is 2.92. The van der Waals surface area contributed by atoms with E-state index >= 15 is 0 Å². The lowest BCUT2D eigenvalue weighted by Crippen LogP contribution is -2.08. The standard InChI is InChI=1S/C17H16N2O/c1-12-3-2-4-15(9-12)19-16(11-18)13-5-6-17-14(10-13)7-8-20-17/h2-6,9-10,16,19H,7-8H2,1H3. The van der Waals surface area contributed by atoms with Gasteiger partial charge in [0.05, 0.1) is 12.7 Å². The summed E-state index contributed by atoms with van der Waals surface area (Å²) in [5.41, 5.74) is 4.31. The molecule has 20 heavy (non-hydrogen) atoms. The summed E-state index contributed by atoms with van der Waals surface area (Å²) >= 11 is 0. The number of rotatable bonds is 3. The highest BCUT2D eigenvalue weighted by Gasteiger charge is 2.16. The van der Waals surface area contributed by atoms with Gasteiger partial charge in [0.2, 0.25) is 0 Å². The fraction of sp³-hybridized carbons (Fsp3) is 0.235. The van der Waals surface area contributed by atoms with Gasteiger partial charge in [-0.2, -0.15) is 5.26 Å². The van der Waals surface area contributed by atoms with E-state index in [-0.39, 0.29) is 6.04 Å². The largest absolute Gasteiger partial charge is 0.493 e. The molecule has 0 saturated carbocycles. The molecule has 3 rings (SSSR count). The minimum Gasteiger partial charge on any atom is -0.493 e. The summed E-state index contributed by atoms with van der Waals surface area (Å²) in [7, 11) is 0. The van der Waals surface area contributed by atoms with E-state index in [1.807, 2.05) is 43.3 Å². The quantitative estimate of drug-likeness (QED) is 0.921. The van der Waals surface area contributed by atoms with Crippen LogP contribution in [-0.4, -0.2) is 6.61 Å². The number of nitrogens with one attached hydrogen (secondary N) is 1. The normalized spacial score (nSPS) is 14.0. The molecule has 3 nitrogen and oxygen atoms in total. The van der Waals surface area contributed by atoms with Crippen LogP contribution < -0.4 is 10.1 Å². The van der Waals surface area contributed by atoms with Gasteiger partial charge in [-0.15, -0.1) is 0 Å². The maximum absolute atomic E-state index is 9.41. The molecule has 100 valence electrons. The van der Waals surface area contributed by atoms with Gasteiger partial charge in [-0.3, -0.25) is 0 Å². The summed E-state index contributed by atoms with van der Waals surface area (Å²) in [5, 5.41) is 12.7. The summed E-state index contributed by atoms with van der Waals surface area (Å²) in [6, 6.07) is 16.0. The van der Waals surface area contributed by atoms with Gasteiger partial charge in [-0.05, 0) is 47.9 Å². The number of benzene rings is 2. The van der Waals surface area contributed by atoms with Gasteiger partial charge in [0.15, 0.2) is 0 Å². The van der Waals surface area contributed by atoms with Crippen LogP contribution in [0.15, 0.2) is 42.5 Å². The number of fused-ring (bicyclic) bond motifs is 1. The number of hydrogen-bond acceptors (Lipinski definition) is 3. The van der Waals surface area contributed by atoms with Crippen molar-refractivity contribution in [1.29, 1.82) is 5.26 Å². The predicted octanol–water partition coefficient (Wildman–Crippen LogP) is 3.61. The van der Waals surface area contributed by atoms with Crippen LogP contribution in [0.4, 0.5) is 5.69 Å². The summed E-state index contributed by atoms with van der Waals surface area (Å²) in [4.78, 5) is 0. The Morgan fingerprint density at radius 1 is 1.25 bits per heavy atom. The Morgan fingerprint density at radius 3 is 2.95 bits per heavy atom.